The molecule has 0 aliphatic rings. The van der Waals surface area contributed by atoms with Crippen molar-refractivity contribution in [3.8, 4) is 0 Å². The highest BCUT2D eigenvalue weighted by Gasteiger charge is 2.24. The second kappa shape index (κ2) is 51.0. The van der Waals surface area contributed by atoms with Gasteiger partial charge in [-0.1, -0.05) is 228 Å². The molecular weight excluding hydrogens is 791 g/mol. The quantitative estimate of drug-likeness (QED) is 0.0245. The van der Waals surface area contributed by atoms with Crippen molar-refractivity contribution in [3.63, 3.8) is 0 Å². The second-order valence-electron chi connectivity index (χ2n) is 18.0. The number of ether oxygens (including phenoxy) is 1. The zero-order valence-electron chi connectivity index (χ0n) is 41.9. The molecule has 3 atom stereocenters. The van der Waals surface area contributed by atoms with Crippen molar-refractivity contribution in [2.24, 2.45) is 0 Å². The molecule has 0 radical (unpaired) electrons. The van der Waals surface area contributed by atoms with Crippen LogP contribution in [0.15, 0.2) is 85.1 Å². The standard InChI is InChI=1S/C58H101NO5/c1-4-7-10-13-16-19-22-25-26-27-28-29-30-33-36-39-42-45-48-51-58(63)64-54(49-46-43-40-37-34-31-23-20-17-14-11-8-5-2)52-57(62)59-55(53-60)56(61)50-47-44-41-38-35-32-24-21-18-15-12-9-6-3/h8,11,14,16-17,19-20,23,25-26,28-29,33,36,54-56,60-61H,4-7,9-10,12-13,15,18,21-22,24,27,30-32,34-35,37-53H2,1-3H3,(H,59,62)/b11-8+,17-14+,19-16-,23-20+,26-25-,29-28-,36-33-. The molecule has 3 unspecified atom stereocenters. The number of aliphatic hydroxyl groups is 2. The number of nitrogens with one attached hydrogen (secondary N) is 1. The van der Waals surface area contributed by atoms with E-state index in [2.05, 4.69) is 111 Å². The first-order chi connectivity index (χ1) is 31.5. The van der Waals surface area contributed by atoms with Crippen LogP contribution in [0.2, 0.25) is 0 Å². The van der Waals surface area contributed by atoms with Crippen molar-refractivity contribution in [3.05, 3.63) is 85.1 Å². The molecule has 0 saturated carbocycles. The van der Waals surface area contributed by atoms with E-state index in [1.807, 2.05) is 0 Å². The number of hydrogen-bond donors (Lipinski definition) is 3. The van der Waals surface area contributed by atoms with E-state index < -0.39 is 18.2 Å². The normalized spacial score (nSPS) is 13.9. The van der Waals surface area contributed by atoms with Crippen LogP contribution < -0.4 is 5.32 Å². The van der Waals surface area contributed by atoms with Crippen LogP contribution in [0.5, 0.6) is 0 Å². The van der Waals surface area contributed by atoms with Crippen molar-refractivity contribution < 1.29 is 24.5 Å². The highest BCUT2D eigenvalue weighted by Crippen LogP contribution is 2.17. The summed E-state index contributed by atoms with van der Waals surface area (Å²) < 4.78 is 5.92. The van der Waals surface area contributed by atoms with Gasteiger partial charge in [0, 0.05) is 6.42 Å². The molecule has 0 aliphatic heterocycles. The lowest BCUT2D eigenvalue weighted by molar-refractivity contribution is -0.151. The summed E-state index contributed by atoms with van der Waals surface area (Å²) >= 11 is 0. The highest BCUT2D eigenvalue weighted by atomic mass is 16.5. The average molecular weight is 892 g/mol. The van der Waals surface area contributed by atoms with Crippen LogP contribution in [-0.2, 0) is 14.3 Å². The lowest BCUT2D eigenvalue weighted by Crippen LogP contribution is -2.46. The molecule has 0 heterocycles. The van der Waals surface area contributed by atoms with Crippen molar-refractivity contribution in [1.29, 1.82) is 0 Å². The Morgan fingerprint density at radius 1 is 0.484 bits per heavy atom. The molecule has 0 aromatic rings. The van der Waals surface area contributed by atoms with Gasteiger partial charge in [0.1, 0.15) is 6.10 Å². The van der Waals surface area contributed by atoms with Crippen LogP contribution in [0.1, 0.15) is 245 Å². The van der Waals surface area contributed by atoms with E-state index in [0.717, 1.165) is 109 Å². The number of hydrogen-bond acceptors (Lipinski definition) is 5. The zero-order chi connectivity index (χ0) is 46.7. The molecule has 6 heteroatoms. The van der Waals surface area contributed by atoms with Gasteiger partial charge in [-0.25, -0.2) is 0 Å². The van der Waals surface area contributed by atoms with Gasteiger partial charge in [-0.2, -0.15) is 0 Å². The third kappa shape index (κ3) is 45.6. The summed E-state index contributed by atoms with van der Waals surface area (Å²) in [6.45, 7) is 6.31. The average Bonchev–Trinajstić information content (AvgIpc) is 3.29. The predicted molar refractivity (Wildman–Crippen MR) is 278 cm³/mol. The summed E-state index contributed by atoms with van der Waals surface area (Å²) in [7, 11) is 0. The first-order valence-corrected chi connectivity index (χ1v) is 26.8. The summed E-state index contributed by atoms with van der Waals surface area (Å²) in [4.78, 5) is 26.2. The zero-order valence-corrected chi connectivity index (χ0v) is 41.9. The van der Waals surface area contributed by atoms with Crippen LogP contribution >= 0.6 is 0 Å². The molecule has 0 rings (SSSR count). The van der Waals surface area contributed by atoms with E-state index in [9.17, 15) is 19.8 Å². The number of allylic oxidation sites excluding steroid dienone is 14. The Bertz CT molecular complexity index is 1230. The maximum Gasteiger partial charge on any atom is 0.306 e. The van der Waals surface area contributed by atoms with E-state index >= 15 is 0 Å². The van der Waals surface area contributed by atoms with Crippen molar-refractivity contribution in [2.75, 3.05) is 6.61 Å². The molecule has 6 nitrogen and oxygen atoms in total. The maximum atomic E-state index is 13.2. The SMILES string of the molecule is CC/C=C/C=C/C=C/CCCCCCCC(CC(=O)NC(CO)C(O)CCCCCCCCCCCCCCC)OC(=O)CCCCC/C=C\C/C=C\C/C=C\C/C=C\CCCCC. The Morgan fingerprint density at radius 2 is 0.906 bits per heavy atom. The van der Waals surface area contributed by atoms with E-state index in [1.165, 1.54) is 89.9 Å². The van der Waals surface area contributed by atoms with Crippen molar-refractivity contribution in [1.82, 2.24) is 5.32 Å². The summed E-state index contributed by atoms with van der Waals surface area (Å²) in [5, 5.41) is 23.8. The van der Waals surface area contributed by atoms with Crippen molar-refractivity contribution in [2.45, 2.75) is 264 Å². The largest absolute Gasteiger partial charge is 0.462 e. The summed E-state index contributed by atoms with van der Waals surface area (Å²) in [5.74, 6) is -0.533. The lowest BCUT2D eigenvalue weighted by atomic mass is 10.0. The monoisotopic (exact) mass is 892 g/mol. The molecule has 3 N–H and O–H groups in total. The third-order valence-electron chi connectivity index (χ3n) is 11.8. The molecule has 64 heavy (non-hydrogen) atoms. The van der Waals surface area contributed by atoms with E-state index in [4.69, 9.17) is 4.74 Å². The van der Waals surface area contributed by atoms with Gasteiger partial charge < -0.3 is 20.3 Å². The van der Waals surface area contributed by atoms with Crippen LogP contribution in [0, 0.1) is 0 Å². The fourth-order valence-corrected chi connectivity index (χ4v) is 7.71. The second-order valence-corrected chi connectivity index (χ2v) is 18.0. The molecule has 0 fully saturated rings. The Morgan fingerprint density at radius 3 is 1.44 bits per heavy atom. The van der Waals surface area contributed by atoms with Gasteiger partial charge in [-0.05, 0) is 89.9 Å². The van der Waals surface area contributed by atoms with Crippen LogP contribution in [0.3, 0.4) is 0 Å². The van der Waals surface area contributed by atoms with Gasteiger partial charge in [-0.15, -0.1) is 0 Å². The fraction of sp³-hybridized carbons (Fsp3) is 0.724. The van der Waals surface area contributed by atoms with Gasteiger partial charge in [0.15, 0.2) is 0 Å². The van der Waals surface area contributed by atoms with E-state index in [-0.39, 0.29) is 24.9 Å². The Labute approximate surface area is 395 Å². The number of carbonyl (C=O) groups excluding carboxylic acids is 2. The number of carbonyl (C=O) groups is 2. The lowest BCUT2D eigenvalue weighted by Gasteiger charge is -2.24. The molecule has 0 aliphatic carbocycles. The van der Waals surface area contributed by atoms with Gasteiger partial charge in [-0.3, -0.25) is 9.59 Å². The van der Waals surface area contributed by atoms with Crippen LogP contribution in [0.25, 0.3) is 0 Å². The Balaban J connectivity index is 4.64. The van der Waals surface area contributed by atoms with Gasteiger partial charge in [0.25, 0.3) is 0 Å². The summed E-state index contributed by atoms with van der Waals surface area (Å²) in [5.41, 5.74) is 0. The molecule has 0 saturated heterocycles. The first-order valence-electron chi connectivity index (χ1n) is 26.8. The first kappa shape index (κ1) is 61.0. The fourth-order valence-electron chi connectivity index (χ4n) is 7.71. The molecule has 1 amide bonds. The number of aliphatic hydroxyl groups excluding tert-OH is 2. The minimum atomic E-state index is -0.803. The summed E-state index contributed by atoms with van der Waals surface area (Å²) in [6, 6.07) is -0.719. The molecule has 0 bridgehead atoms. The smallest absolute Gasteiger partial charge is 0.306 e. The minimum absolute atomic E-state index is 0.0471. The van der Waals surface area contributed by atoms with E-state index in [0.29, 0.717) is 19.3 Å². The third-order valence-corrected chi connectivity index (χ3v) is 11.8. The highest BCUT2D eigenvalue weighted by molar-refractivity contribution is 5.77. The number of rotatable bonds is 47. The van der Waals surface area contributed by atoms with Gasteiger partial charge in [0.2, 0.25) is 5.91 Å². The topological polar surface area (TPSA) is 95.9 Å². The molecule has 0 aromatic carbocycles. The molecular formula is C58H101NO5. The van der Waals surface area contributed by atoms with E-state index in [1.54, 1.807) is 0 Å². The Kier molecular flexibility index (Phi) is 48.7. The number of unbranched alkanes of at least 4 members (excludes halogenated alkanes) is 23. The number of amides is 1. The Hall–Kier alpha value is -2.96. The molecule has 0 aromatic heterocycles. The molecule has 0 spiro atoms. The van der Waals surface area contributed by atoms with Gasteiger partial charge >= 0.3 is 5.97 Å². The maximum absolute atomic E-state index is 13.2. The molecule has 368 valence electrons. The summed E-state index contributed by atoms with van der Waals surface area (Å²) in [6.07, 6.45) is 66.4. The predicted octanol–water partition coefficient (Wildman–Crippen LogP) is 16.3. The van der Waals surface area contributed by atoms with Gasteiger partial charge in [0.05, 0.1) is 25.2 Å². The van der Waals surface area contributed by atoms with Crippen LogP contribution in [-0.4, -0.2) is 46.9 Å². The van der Waals surface area contributed by atoms with Crippen molar-refractivity contribution >= 4 is 11.9 Å². The minimum Gasteiger partial charge on any atom is -0.462 e. The number of esters is 1. The van der Waals surface area contributed by atoms with Crippen LogP contribution in [0.4, 0.5) is 0 Å².